The van der Waals surface area contributed by atoms with E-state index in [2.05, 4.69) is 15.9 Å². The highest BCUT2D eigenvalue weighted by Gasteiger charge is 2.37. The highest BCUT2D eigenvalue weighted by Crippen LogP contribution is 2.25. The molecule has 116 valence electrons. The maximum Gasteiger partial charge on any atom is 0.254 e. The van der Waals surface area contributed by atoms with Gasteiger partial charge < -0.3 is 4.90 Å². The van der Waals surface area contributed by atoms with Crippen LogP contribution in [0.25, 0.3) is 0 Å². The first-order chi connectivity index (χ1) is 10.6. The van der Waals surface area contributed by atoms with E-state index in [1.807, 2.05) is 18.2 Å². The Bertz CT molecular complexity index is 608. The Morgan fingerprint density at radius 3 is 2.23 bits per heavy atom. The number of benzene rings is 1. The number of amides is 3. The Balaban J connectivity index is 1.65. The molecule has 3 rings (SSSR count). The summed E-state index contributed by atoms with van der Waals surface area (Å²) in [4.78, 5) is 39.3. The minimum absolute atomic E-state index is 0.00926. The lowest BCUT2D eigenvalue weighted by atomic mass is 10.0. The third-order valence-electron chi connectivity index (χ3n) is 4.31. The van der Waals surface area contributed by atoms with Crippen LogP contribution in [0.2, 0.25) is 0 Å². The van der Waals surface area contributed by atoms with E-state index in [4.69, 9.17) is 0 Å². The molecule has 2 heterocycles. The van der Waals surface area contributed by atoms with Gasteiger partial charge in [0.2, 0.25) is 11.8 Å². The summed E-state index contributed by atoms with van der Waals surface area (Å²) in [6.07, 6.45) is 1.98. The fraction of sp³-hybridized carbons (Fsp3) is 0.438. The van der Waals surface area contributed by atoms with E-state index < -0.39 is 0 Å². The standard InChI is InChI=1S/C16H17BrN2O3/c17-13-4-2-1-3-12(13)16(22)18-9-7-11(8-10-18)19-14(20)5-6-15(19)21/h1-4,11H,5-10H2. The summed E-state index contributed by atoms with van der Waals surface area (Å²) in [6.45, 7) is 1.14. The Kier molecular flexibility index (Phi) is 4.29. The molecule has 2 aliphatic heterocycles. The first kappa shape index (κ1) is 15.2. The molecule has 0 radical (unpaired) electrons. The molecule has 22 heavy (non-hydrogen) atoms. The number of halogens is 1. The Labute approximate surface area is 137 Å². The molecule has 0 bridgehead atoms. The number of carbonyl (C=O) groups is 3. The van der Waals surface area contributed by atoms with Gasteiger partial charge in [-0.3, -0.25) is 19.3 Å². The van der Waals surface area contributed by atoms with Crippen molar-refractivity contribution < 1.29 is 14.4 Å². The molecule has 2 aliphatic rings. The summed E-state index contributed by atoms with van der Waals surface area (Å²) in [7, 11) is 0. The number of hydrogen-bond acceptors (Lipinski definition) is 3. The maximum absolute atomic E-state index is 12.5. The number of piperidine rings is 1. The molecule has 3 amide bonds. The average Bonchev–Trinajstić information content (AvgIpc) is 2.86. The quantitative estimate of drug-likeness (QED) is 0.755. The van der Waals surface area contributed by atoms with Crippen LogP contribution in [0.15, 0.2) is 28.7 Å². The van der Waals surface area contributed by atoms with Crippen LogP contribution < -0.4 is 0 Å². The normalized spacial score (nSPS) is 19.9. The highest BCUT2D eigenvalue weighted by atomic mass is 79.9. The lowest BCUT2D eigenvalue weighted by Crippen LogP contribution is -2.48. The third-order valence-corrected chi connectivity index (χ3v) is 5.00. The molecule has 2 fully saturated rings. The van der Waals surface area contributed by atoms with Crippen molar-refractivity contribution in [1.82, 2.24) is 9.80 Å². The van der Waals surface area contributed by atoms with Gasteiger partial charge in [0.25, 0.3) is 5.91 Å². The number of rotatable bonds is 2. The summed E-state index contributed by atoms with van der Waals surface area (Å²) in [6, 6.07) is 7.31. The lowest BCUT2D eigenvalue weighted by molar-refractivity contribution is -0.141. The van der Waals surface area contributed by atoms with Crippen molar-refractivity contribution in [2.75, 3.05) is 13.1 Å². The molecule has 0 saturated carbocycles. The molecule has 1 aromatic rings. The Morgan fingerprint density at radius 2 is 1.64 bits per heavy atom. The molecule has 1 aromatic carbocycles. The monoisotopic (exact) mass is 364 g/mol. The number of hydrogen-bond donors (Lipinski definition) is 0. The predicted octanol–water partition coefficient (Wildman–Crippen LogP) is 2.20. The second-order valence-corrected chi connectivity index (χ2v) is 6.52. The maximum atomic E-state index is 12.5. The van der Waals surface area contributed by atoms with Gasteiger partial charge in [0.1, 0.15) is 0 Å². The predicted molar refractivity (Wildman–Crippen MR) is 84.2 cm³/mol. The van der Waals surface area contributed by atoms with E-state index in [-0.39, 0.29) is 23.8 Å². The molecule has 0 unspecified atom stereocenters. The fourth-order valence-electron chi connectivity index (χ4n) is 3.13. The smallest absolute Gasteiger partial charge is 0.254 e. The van der Waals surface area contributed by atoms with Crippen LogP contribution in [0, 0.1) is 0 Å². The van der Waals surface area contributed by atoms with E-state index >= 15 is 0 Å². The number of likely N-dealkylation sites (tertiary alicyclic amines) is 2. The molecule has 0 aromatic heterocycles. The van der Waals surface area contributed by atoms with Crippen molar-refractivity contribution in [3.05, 3.63) is 34.3 Å². The molecule has 0 N–H and O–H groups in total. The van der Waals surface area contributed by atoms with Crippen molar-refractivity contribution in [3.8, 4) is 0 Å². The van der Waals surface area contributed by atoms with Gasteiger partial charge in [-0.1, -0.05) is 12.1 Å². The number of nitrogens with zero attached hydrogens (tertiary/aromatic N) is 2. The van der Waals surface area contributed by atoms with Crippen molar-refractivity contribution >= 4 is 33.7 Å². The van der Waals surface area contributed by atoms with Gasteiger partial charge in [-0.15, -0.1) is 0 Å². The zero-order valence-corrected chi connectivity index (χ0v) is 13.7. The van der Waals surface area contributed by atoms with Gasteiger partial charge in [0.05, 0.1) is 5.56 Å². The SMILES string of the molecule is O=C(c1ccccc1Br)N1CCC(N2C(=O)CCC2=O)CC1. The number of imide groups is 1. The van der Waals surface area contributed by atoms with Crippen molar-refractivity contribution in [2.24, 2.45) is 0 Å². The van der Waals surface area contributed by atoms with Gasteiger partial charge in [-0.25, -0.2) is 0 Å². The third kappa shape index (κ3) is 2.79. The van der Waals surface area contributed by atoms with E-state index in [1.54, 1.807) is 11.0 Å². The second kappa shape index (κ2) is 6.20. The number of carbonyl (C=O) groups excluding carboxylic acids is 3. The van der Waals surface area contributed by atoms with Crippen LogP contribution in [0.5, 0.6) is 0 Å². The molecule has 0 atom stereocenters. The van der Waals surface area contributed by atoms with Crippen molar-refractivity contribution in [1.29, 1.82) is 0 Å². The lowest BCUT2D eigenvalue weighted by Gasteiger charge is -2.35. The van der Waals surface area contributed by atoms with Gasteiger partial charge in [-0.05, 0) is 40.9 Å². The molecule has 5 nitrogen and oxygen atoms in total. The summed E-state index contributed by atoms with van der Waals surface area (Å²) in [5.74, 6) is -0.147. The van der Waals surface area contributed by atoms with E-state index in [9.17, 15) is 14.4 Å². The van der Waals surface area contributed by atoms with Crippen molar-refractivity contribution in [3.63, 3.8) is 0 Å². The summed E-state index contributed by atoms with van der Waals surface area (Å²) >= 11 is 3.40. The molecular formula is C16H17BrN2O3. The summed E-state index contributed by atoms with van der Waals surface area (Å²) in [5, 5.41) is 0. The van der Waals surface area contributed by atoms with Gasteiger partial charge in [0.15, 0.2) is 0 Å². The molecular weight excluding hydrogens is 348 g/mol. The van der Waals surface area contributed by atoms with Crippen LogP contribution in [-0.2, 0) is 9.59 Å². The Hall–Kier alpha value is -1.69. The zero-order chi connectivity index (χ0) is 15.7. The van der Waals surface area contributed by atoms with Gasteiger partial charge in [-0.2, -0.15) is 0 Å². The summed E-state index contributed by atoms with van der Waals surface area (Å²) < 4.78 is 0.784. The van der Waals surface area contributed by atoms with Crippen LogP contribution in [0.3, 0.4) is 0 Å². The van der Waals surface area contributed by atoms with E-state index in [1.165, 1.54) is 4.90 Å². The van der Waals surface area contributed by atoms with Gasteiger partial charge in [0, 0.05) is 36.4 Å². The zero-order valence-electron chi connectivity index (χ0n) is 12.1. The average molecular weight is 365 g/mol. The second-order valence-electron chi connectivity index (χ2n) is 5.66. The molecule has 2 saturated heterocycles. The Morgan fingerprint density at radius 1 is 1.05 bits per heavy atom. The van der Waals surface area contributed by atoms with Crippen LogP contribution in [-0.4, -0.2) is 46.7 Å². The first-order valence-electron chi connectivity index (χ1n) is 7.46. The largest absolute Gasteiger partial charge is 0.338 e. The fourth-order valence-corrected chi connectivity index (χ4v) is 3.59. The minimum Gasteiger partial charge on any atom is -0.338 e. The van der Waals surface area contributed by atoms with Crippen LogP contribution >= 0.6 is 15.9 Å². The van der Waals surface area contributed by atoms with Gasteiger partial charge >= 0.3 is 0 Å². The van der Waals surface area contributed by atoms with E-state index in [0.717, 1.165) is 4.47 Å². The molecule has 0 spiro atoms. The van der Waals surface area contributed by atoms with Crippen LogP contribution in [0.1, 0.15) is 36.0 Å². The topological polar surface area (TPSA) is 57.7 Å². The molecule has 6 heteroatoms. The van der Waals surface area contributed by atoms with Crippen molar-refractivity contribution in [2.45, 2.75) is 31.7 Å². The molecule has 0 aliphatic carbocycles. The minimum atomic E-state index is -0.0689. The van der Waals surface area contributed by atoms with E-state index in [0.29, 0.717) is 44.3 Å². The summed E-state index contributed by atoms with van der Waals surface area (Å²) in [5.41, 5.74) is 0.647. The first-order valence-corrected chi connectivity index (χ1v) is 8.26. The van der Waals surface area contributed by atoms with Crippen LogP contribution in [0.4, 0.5) is 0 Å². The highest BCUT2D eigenvalue weighted by molar-refractivity contribution is 9.10.